The van der Waals surface area contributed by atoms with Gasteiger partial charge in [-0.15, -0.1) is 5.12 Å². The molecule has 0 aliphatic carbocycles. The van der Waals surface area contributed by atoms with Crippen LogP contribution in [0.5, 0.6) is 0 Å². The van der Waals surface area contributed by atoms with E-state index in [4.69, 9.17) is 0 Å². The van der Waals surface area contributed by atoms with Gasteiger partial charge in [0.15, 0.2) is 0 Å². The lowest BCUT2D eigenvalue weighted by Gasteiger charge is -2.03. The van der Waals surface area contributed by atoms with E-state index in [0.717, 1.165) is 0 Å². The molecule has 0 aromatic heterocycles. The average Bonchev–Trinajstić information content (AvgIpc) is 2.06. The quantitative estimate of drug-likeness (QED) is 0.297. The average molecular weight is 171 g/mol. The van der Waals surface area contributed by atoms with E-state index in [9.17, 15) is 27.2 Å². The van der Waals surface area contributed by atoms with Crippen molar-refractivity contribution in [1.29, 1.82) is 0 Å². The Labute approximate surface area is 57.5 Å². The molecule has 0 N–H and O–H groups in total. The number of carbonyl (C=O) groups excluding carboxylic acids is 2. The number of hydrogen-bond donors (Lipinski definition) is 0. The van der Waals surface area contributed by atoms with E-state index in [-0.39, 0.29) is 0 Å². The van der Waals surface area contributed by atoms with Crippen molar-refractivity contribution in [3.63, 3.8) is 0 Å². The molecule has 11 heavy (non-hydrogen) atoms. The van der Waals surface area contributed by atoms with Crippen LogP contribution in [0.15, 0.2) is 0 Å². The summed E-state index contributed by atoms with van der Waals surface area (Å²) in [5.41, 5.74) is 0. The fourth-order valence-corrected chi connectivity index (χ4v) is 0.594. The largest absolute Gasteiger partial charge is 0.367 e. The first kappa shape index (κ1) is 7.96. The Morgan fingerprint density at radius 3 is 1.91 bits per heavy atom. The zero-order valence-electron chi connectivity index (χ0n) is 4.85. The molecule has 1 fully saturated rings. The van der Waals surface area contributed by atoms with Gasteiger partial charge in [0.05, 0.1) is 0 Å². The van der Waals surface area contributed by atoms with E-state index >= 15 is 0 Å². The molecule has 2 amide bonds. The van der Waals surface area contributed by atoms with Crippen LogP contribution < -0.4 is 0 Å². The summed E-state index contributed by atoms with van der Waals surface area (Å²) in [6.07, 6.45) is -3.39. The second-order valence-corrected chi connectivity index (χ2v) is 1.91. The minimum atomic E-state index is -4.55. The van der Waals surface area contributed by atoms with E-state index in [0.29, 0.717) is 0 Å². The summed E-state index contributed by atoms with van der Waals surface area (Å²) in [5.74, 6) is -9.15. The van der Waals surface area contributed by atoms with Crippen LogP contribution in [0.4, 0.5) is 17.7 Å². The Morgan fingerprint density at radius 2 is 1.82 bits per heavy atom. The van der Waals surface area contributed by atoms with Gasteiger partial charge in [-0.3, -0.25) is 9.59 Å². The van der Waals surface area contributed by atoms with Crippen molar-refractivity contribution < 1.29 is 27.2 Å². The van der Waals surface area contributed by atoms with Gasteiger partial charge in [0.1, 0.15) is 0 Å². The molecule has 1 saturated heterocycles. The number of amides is 2. The minimum Gasteiger partial charge on any atom is -0.268 e. The molecule has 0 aromatic carbocycles. The lowest BCUT2D eigenvalue weighted by molar-refractivity contribution is -0.164. The van der Waals surface area contributed by atoms with Gasteiger partial charge < -0.3 is 0 Å². The first-order valence-corrected chi connectivity index (χ1v) is 2.45. The van der Waals surface area contributed by atoms with Crippen LogP contribution in [-0.4, -0.2) is 29.0 Å². The normalized spacial score (nSPS) is 29.8. The third kappa shape index (κ3) is 0.798. The molecule has 1 rings (SSSR count). The van der Waals surface area contributed by atoms with Gasteiger partial charge in [0, 0.05) is 0 Å². The highest BCUT2D eigenvalue weighted by Crippen LogP contribution is 2.32. The number of nitrogens with zero attached hydrogens (tertiary/aromatic N) is 1. The standard InChI is InChI=1S/C4HF4NO2/c5-1-2(10)9(8)3(11)4(1,6)7/h1H. The van der Waals surface area contributed by atoms with Crippen LogP contribution in [-0.2, 0) is 9.59 Å². The first-order valence-electron chi connectivity index (χ1n) is 2.45. The number of hydrogen-bond acceptors (Lipinski definition) is 2. The molecular formula is C4HF4NO2. The molecule has 62 valence electrons. The Morgan fingerprint density at radius 1 is 1.36 bits per heavy atom. The maximum absolute atomic E-state index is 12.0. The second-order valence-electron chi connectivity index (χ2n) is 1.91. The molecule has 7 heteroatoms. The molecule has 0 bridgehead atoms. The molecule has 1 atom stereocenters. The predicted molar refractivity (Wildman–Crippen MR) is 22.8 cm³/mol. The van der Waals surface area contributed by atoms with Crippen LogP contribution in [0.25, 0.3) is 0 Å². The monoisotopic (exact) mass is 171 g/mol. The smallest absolute Gasteiger partial charge is 0.268 e. The van der Waals surface area contributed by atoms with Gasteiger partial charge in [-0.1, -0.05) is 4.48 Å². The number of carbonyl (C=O) groups is 2. The molecule has 1 aliphatic rings. The summed E-state index contributed by atoms with van der Waals surface area (Å²) in [6, 6.07) is 0. The highest BCUT2D eigenvalue weighted by molar-refractivity contribution is 6.08. The Kier molecular flexibility index (Phi) is 1.39. The van der Waals surface area contributed by atoms with Gasteiger partial charge in [-0.25, -0.2) is 4.39 Å². The SMILES string of the molecule is O=C1C(F)C(F)(F)C(=O)N1F. The molecule has 0 aromatic rings. The van der Waals surface area contributed by atoms with Crippen molar-refractivity contribution in [3.8, 4) is 0 Å². The summed E-state index contributed by atoms with van der Waals surface area (Å²) in [5, 5.41) is -1.41. The van der Waals surface area contributed by atoms with Gasteiger partial charge >= 0.3 is 11.8 Å². The first-order chi connectivity index (χ1) is 4.89. The number of alkyl halides is 3. The molecule has 0 spiro atoms. The van der Waals surface area contributed by atoms with Crippen LogP contribution in [0.2, 0.25) is 0 Å². The molecule has 1 aliphatic heterocycles. The third-order valence-corrected chi connectivity index (χ3v) is 1.19. The topological polar surface area (TPSA) is 37.4 Å². The summed E-state index contributed by atoms with van der Waals surface area (Å²) in [4.78, 5) is 20.0. The van der Waals surface area contributed by atoms with Crippen LogP contribution >= 0.6 is 0 Å². The molecule has 1 heterocycles. The molecule has 3 nitrogen and oxygen atoms in total. The number of halogens is 4. The summed E-state index contributed by atoms with van der Waals surface area (Å²) in [7, 11) is 0. The summed E-state index contributed by atoms with van der Waals surface area (Å²) in [6.45, 7) is 0. The Balaban J connectivity index is 3.06. The van der Waals surface area contributed by atoms with Crippen LogP contribution in [0.3, 0.4) is 0 Å². The van der Waals surface area contributed by atoms with Crippen LogP contribution in [0, 0.1) is 0 Å². The molecule has 0 saturated carbocycles. The fourth-order valence-electron chi connectivity index (χ4n) is 0.594. The maximum atomic E-state index is 12.0. The molecule has 0 radical (unpaired) electrons. The van der Waals surface area contributed by atoms with E-state index in [1.54, 1.807) is 0 Å². The van der Waals surface area contributed by atoms with E-state index in [1.165, 1.54) is 0 Å². The lowest BCUT2D eigenvalue weighted by atomic mass is 10.2. The van der Waals surface area contributed by atoms with E-state index in [2.05, 4.69) is 0 Å². The van der Waals surface area contributed by atoms with Crippen molar-refractivity contribution in [2.75, 3.05) is 0 Å². The Hall–Kier alpha value is -1.14. The minimum absolute atomic E-state index is 1.41. The van der Waals surface area contributed by atoms with Crippen molar-refractivity contribution in [2.45, 2.75) is 12.1 Å². The zero-order chi connectivity index (χ0) is 8.81. The van der Waals surface area contributed by atoms with Crippen molar-refractivity contribution in [3.05, 3.63) is 0 Å². The zero-order valence-corrected chi connectivity index (χ0v) is 4.85. The van der Waals surface area contributed by atoms with E-state index in [1.807, 2.05) is 0 Å². The van der Waals surface area contributed by atoms with Gasteiger partial charge in [-0.2, -0.15) is 8.78 Å². The number of rotatable bonds is 0. The maximum Gasteiger partial charge on any atom is 0.367 e. The summed E-state index contributed by atoms with van der Waals surface area (Å²) < 4.78 is 47.9. The van der Waals surface area contributed by atoms with Crippen molar-refractivity contribution in [1.82, 2.24) is 5.12 Å². The van der Waals surface area contributed by atoms with Crippen molar-refractivity contribution in [2.24, 2.45) is 0 Å². The third-order valence-electron chi connectivity index (χ3n) is 1.19. The lowest BCUT2D eigenvalue weighted by Crippen LogP contribution is -2.33. The highest BCUT2D eigenvalue weighted by Gasteiger charge is 2.64. The highest BCUT2D eigenvalue weighted by atomic mass is 19.3. The predicted octanol–water partition coefficient (Wildman–Crippen LogP) is 0.213. The summed E-state index contributed by atoms with van der Waals surface area (Å²) >= 11 is 0. The van der Waals surface area contributed by atoms with E-state index < -0.39 is 29.0 Å². The molecular weight excluding hydrogens is 170 g/mol. The van der Waals surface area contributed by atoms with Crippen LogP contribution in [0.1, 0.15) is 0 Å². The fraction of sp³-hybridized carbons (Fsp3) is 0.500. The number of imide groups is 1. The molecule has 1 unspecified atom stereocenters. The van der Waals surface area contributed by atoms with Gasteiger partial charge in [0.2, 0.25) is 0 Å². The van der Waals surface area contributed by atoms with Gasteiger partial charge in [-0.05, 0) is 0 Å². The van der Waals surface area contributed by atoms with Gasteiger partial charge in [0.25, 0.3) is 12.1 Å². The van der Waals surface area contributed by atoms with Crippen molar-refractivity contribution >= 4 is 11.8 Å². The second kappa shape index (κ2) is 1.93. The Bertz CT molecular complexity index is 228.